The molecule has 4 aliphatic rings. The van der Waals surface area contributed by atoms with E-state index in [9.17, 15) is 19.2 Å². The van der Waals surface area contributed by atoms with Crippen molar-refractivity contribution in [2.45, 2.75) is 127 Å². The lowest BCUT2D eigenvalue weighted by Crippen LogP contribution is -2.52. The number of rotatable bonds is 5. The molecule has 0 radical (unpaired) electrons. The molecular formula is C33H44N4O6. The number of amides is 4. The van der Waals surface area contributed by atoms with Crippen LogP contribution in [0, 0.1) is 11.8 Å². The van der Waals surface area contributed by atoms with Crippen LogP contribution in [-0.2, 0) is 25.6 Å². The standard InChI is InChI=1S/C33H44N4O6/c1-33(2,3)43-32(41)37(24-9-7-23(34)8-10-24)25-11-13-26(14-12-25)42-18-4-5-21-6-15-27-22(19-21)20-36(31(27)40)28-16-17-29(38)35-30(28)39/h6,15,19,23-26,28H,7-14,16-18,20,34H2,1-3H3,(H,35,38,39)/t23-,24-,25-,26+,28?. The van der Waals surface area contributed by atoms with E-state index in [0.29, 0.717) is 25.1 Å². The molecule has 0 bridgehead atoms. The highest BCUT2D eigenvalue weighted by Crippen LogP contribution is 2.33. The lowest BCUT2D eigenvalue weighted by Gasteiger charge is -2.43. The topological polar surface area (TPSA) is 131 Å². The Balaban J connectivity index is 1.12. The van der Waals surface area contributed by atoms with Gasteiger partial charge in [-0.1, -0.05) is 11.8 Å². The normalized spacial score (nSPS) is 27.6. The summed E-state index contributed by atoms with van der Waals surface area (Å²) in [5, 5.41) is 2.33. The molecule has 5 rings (SSSR count). The van der Waals surface area contributed by atoms with Crippen LogP contribution in [0.25, 0.3) is 0 Å². The van der Waals surface area contributed by atoms with E-state index in [1.54, 1.807) is 6.07 Å². The predicted octanol–water partition coefficient (Wildman–Crippen LogP) is 3.63. The molecular weight excluding hydrogens is 548 g/mol. The number of hydrogen-bond acceptors (Lipinski definition) is 7. The highest BCUT2D eigenvalue weighted by Gasteiger charge is 2.40. The smallest absolute Gasteiger partial charge is 0.410 e. The zero-order valence-electron chi connectivity index (χ0n) is 25.5. The molecule has 3 fully saturated rings. The highest BCUT2D eigenvalue weighted by atomic mass is 16.6. The zero-order valence-corrected chi connectivity index (χ0v) is 25.5. The Morgan fingerprint density at radius 3 is 2.35 bits per heavy atom. The summed E-state index contributed by atoms with van der Waals surface area (Å²) in [5.74, 6) is 5.33. The van der Waals surface area contributed by atoms with Crippen molar-refractivity contribution in [2.75, 3.05) is 6.61 Å². The van der Waals surface area contributed by atoms with Gasteiger partial charge in [-0.25, -0.2) is 4.79 Å². The second-order valence-electron chi connectivity index (χ2n) is 13.3. The van der Waals surface area contributed by atoms with Gasteiger partial charge in [0.1, 0.15) is 18.2 Å². The number of fused-ring (bicyclic) bond motifs is 1. The number of nitrogens with two attached hydrogens (primary N) is 1. The molecule has 1 aromatic rings. The van der Waals surface area contributed by atoms with E-state index in [1.165, 1.54) is 4.90 Å². The molecule has 232 valence electrons. The number of carbonyl (C=O) groups excluding carboxylic acids is 4. The number of benzene rings is 1. The number of imide groups is 1. The van der Waals surface area contributed by atoms with Crippen LogP contribution in [0.3, 0.4) is 0 Å². The van der Waals surface area contributed by atoms with Crippen molar-refractivity contribution in [3.8, 4) is 11.8 Å². The van der Waals surface area contributed by atoms with Gasteiger partial charge in [0.15, 0.2) is 0 Å². The Morgan fingerprint density at radius 1 is 1.02 bits per heavy atom. The van der Waals surface area contributed by atoms with Crippen LogP contribution in [-0.4, -0.2) is 76.1 Å². The number of nitrogens with zero attached hydrogens (tertiary/aromatic N) is 2. The molecule has 2 aliphatic heterocycles. The van der Waals surface area contributed by atoms with Gasteiger partial charge in [-0.05, 0) is 102 Å². The maximum absolute atomic E-state index is 13.3. The summed E-state index contributed by atoms with van der Waals surface area (Å²) in [6.45, 7) is 6.34. The summed E-state index contributed by atoms with van der Waals surface area (Å²) in [7, 11) is 0. The average Bonchev–Trinajstić information content (AvgIpc) is 3.27. The van der Waals surface area contributed by atoms with Gasteiger partial charge >= 0.3 is 6.09 Å². The minimum Gasteiger partial charge on any atom is -0.444 e. The van der Waals surface area contributed by atoms with Crippen molar-refractivity contribution >= 4 is 23.8 Å². The lowest BCUT2D eigenvalue weighted by atomic mass is 9.86. The number of nitrogens with one attached hydrogen (secondary N) is 1. The molecule has 1 atom stereocenters. The largest absolute Gasteiger partial charge is 0.444 e. The maximum atomic E-state index is 13.3. The third-order valence-electron chi connectivity index (χ3n) is 8.92. The van der Waals surface area contributed by atoms with Crippen LogP contribution in [0.1, 0.15) is 106 Å². The van der Waals surface area contributed by atoms with Crippen LogP contribution < -0.4 is 11.1 Å². The Bertz CT molecular complexity index is 1290. The molecule has 1 unspecified atom stereocenters. The first-order valence-electron chi connectivity index (χ1n) is 15.6. The van der Waals surface area contributed by atoms with Crippen LogP contribution in [0.4, 0.5) is 4.79 Å². The molecule has 3 N–H and O–H groups in total. The van der Waals surface area contributed by atoms with Gasteiger partial charge in [-0.3, -0.25) is 19.7 Å². The third kappa shape index (κ3) is 7.57. The fourth-order valence-electron chi connectivity index (χ4n) is 6.73. The van der Waals surface area contributed by atoms with Crippen molar-refractivity contribution in [1.82, 2.24) is 15.1 Å². The Labute approximate surface area is 254 Å². The van der Waals surface area contributed by atoms with Gasteiger partial charge in [0.25, 0.3) is 5.91 Å². The molecule has 2 aliphatic carbocycles. The molecule has 4 amide bonds. The molecule has 1 saturated heterocycles. The van der Waals surface area contributed by atoms with E-state index in [1.807, 2.05) is 37.8 Å². The van der Waals surface area contributed by atoms with Crippen molar-refractivity contribution in [1.29, 1.82) is 0 Å². The summed E-state index contributed by atoms with van der Waals surface area (Å²) >= 11 is 0. The number of piperidine rings is 1. The maximum Gasteiger partial charge on any atom is 0.410 e. The van der Waals surface area contributed by atoms with Crippen molar-refractivity contribution in [3.05, 3.63) is 34.9 Å². The van der Waals surface area contributed by atoms with E-state index < -0.39 is 17.6 Å². The Morgan fingerprint density at radius 2 is 1.70 bits per heavy atom. The van der Waals surface area contributed by atoms with Crippen molar-refractivity contribution < 1.29 is 28.7 Å². The Kier molecular flexibility index (Phi) is 9.42. The fraction of sp³-hybridized carbons (Fsp3) is 0.636. The number of hydrogen-bond donors (Lipinski definition) is 2. The van der Waals surface area contributed by atoms with Gasteiger partial charge in [0.2, 0.25) is 11.8 Å². The fourth-order valence-corrected chi connectivity index (χ4v) is 6.73. The first kappa shape index (κ1) is 31.0. The molecule has 43 heavy (non-hydrogen) atoms. The van der Waals surface area contributed by atoms with Crippen LogP contribution >= 0.6 is 0 Å². The molecule has 10 nitrogen and oxygen atoms in total. The summed E-state index contributed by atoms with van der Waals surface area (Å²) in [6, 6.07) is 5.34. The highest BCUT2D eigenvalue weighted by molar-refractivity contribution is 6.05. The zero-order chi connectivity index (χ0) is 30.7. The van der Waals surface area contributed by atoms with Gasteiger partial charge in [-0.15, -0.1) is 0 Å². The average molecular weight is 593 g/mol. The van der Waals surface area contributed by atoms with Gasteiger partial charge in [0, 0.05) is 42.2 Å². The molecule has 1 aromatic carbocycles. The minimum atomic E-state index is -0.632. The SMILES string of the molecule is CC(C)(C)OC(=O)N([C@H]1CC[C@H](N)CC1)[C@H]1CC[C@@H](OCC#Cc2ccc3c(c2)CN(C2CCC(=O)NC2=O)C3=O)CC1. The summed E-state index contributed by atoms with van der Waals surface area (Å²) < 4.78 is 11.9. The molecule has 2 heterocycles. The third-order valence-corrected chi connectivity index (χ3v) is 8.92. The van der Waals surface area contributed by atoms with E-state index in [4.69, 9.17) is 15.2 Å². The number of ether oxygens (including phenoxy) is 2. The summed E-state index contributed by atoms with van der Waals surface area (Å²) in [5.41, 5.74) is 7.78. The second kappa shape index (κ2) is 13.1. The van der Waals surface area contributed by atoms with Crippen molar-refractivity contribution in [2.24, 2.45) is 5.73 Å². The monoisotopic (exact) mass is 592 g/mol. The molecule has 0 spiro atoms. The predicted molar refractivity (Wildman–Crippen MR) is 160 cm³/mol. The van der Waals surface area contributed by atoms with E-state index >= 15 is 0 Å². The summed E-state index contributed by atoms with van der Waals surface area (Å²) in [6.07, 6.45) is 7.56. The molecule has 2 saturated carbocycles. The summed E-state index contributed by atoms with van der Waals surface area (Å²) in [4.78, 5) is 53.5. The minimum absolute atomic E-state index is 0.0885. The Hall–Kier alpha value is -3.42. The quantitative estimate of drug-likeness (QED) is 0.394. The van der Waals surface area contributed by atoms with Crippen molar-refractivity contribution in [3.63, 3.8) is 0 Å². The van der Waals surface area contributed by atoms with Gasteiger partial charge < -0.3 is 25.0 Å². The van der Waals surface area contributed by atoms with Crippen LogP contribution in [0.2, 0.25) is 0 Å². The van der Waals surface area contributed by atoms with E-state index in [2.05, 4.69) is 17.2 Å². The van der Waals surface area contributed by atoms with Gasteiger partial charge in [0.05, 0.1) is 6.10 Å². The van der Waals surface area contributed by atoms with E-state index in [0.717, 1.165) is 62.5 Å². The van der Waals surface area contributed by atoms with Gasteiger partial charge in [-0.2, -0.15) is 0 Å². The number of carbonyl (C=O) groups is 4. The molecule has 10 heteroatoms. The van der Waals surface area contributed by atoms with Crippen LogP contribution in [0.5, 0.6) is 0 Å². The molecule has 0 aromatic heterocycles. The second-order valence-corrected chi connectivity index (χ2v) is 13.3. The first-order valence-corrected chi connectivity index (χ1v) is 15.6. The van der Waals surface area contributed by atoms with Crippen LogP contribution in [0.15, 0.2) is 18.2 Å². The van der Waals surface area contributed by atoms with E-state index in [-0.39, 0.29) is 48.6 Å². The first-order chi connectivity index (χ1) is 20.5. The lowest BCUT2D eigenvalue weighted by molar-refractivity contribution is -0.136.